The van der Waals surface area contributed by atoms with E-state index in [0.717, 1.165) is 24.2 Å². The van der Waals surface area contributed by atoms with Crippen LogP contribution in [0.2, 0.25) is 0 Å². The number of likely N-dealkylation sites (tertiary alicyclic amines) is 1. The zero-order valence-electron chi connectivity index (χ0n) is 15.2. The predicted octanol–water partition coefficient (Wildman–Crippen LogP) is 2.70. The molecule has 0 radical (unpaired) electrons. The molecule has 2 aliphatic rings. The highest BCUT2D eigenvalue weighted by molar-refractivity contribution is 7.99. The second-order valence-electron chi connectivity index (χ2n) is 7.31. The summed E-state index contributed by atoms with van der Waals surface area (Å²) in [6.45, 7) is 2.08. The summed E-state index contributed by atoms with van der Waals surface area (Å²) in [6, 6.07) is 13.2. The molecular formula is C21H21N3O2S. The first-order valence-corrected chi connectivity index (χ1v) is 10.5. The van der Waals surface area contributed by atoms with E-state index in [1.807, 2.05) is 33.9 Å². The number of carbonyl (C=O) groups excluding carboxylic acids is 1. The van der Waals surface area contributed by atoms with E-state index in [-0.39, 0.29) is 17.4 Å². The normalized spacial score (nSPS) is 20.7. The van der Waals surface area contributed by atoms with Crippen molar-refractivity contribution in [1.29, 1.82) is 5.26 Å². The number of nitriles is 1. The van der Waals surface area contributed by atoms with Crippen LogP contribution in [0, 0.1) is 17.2 Å². The molecule has 5 nitrogen and oxygen atoms in total. The van der Waals surface area contributed by atoms with Crippen molar-refractivity contribution >= 4 is 17.7 Å². The average Bonchev–Trinajstić information content (AvgIpc) is 2.69. The highest BCUT2D eigenvalue weighted by Gasteiger charge is 2.36. The van der Waals surface area contributed by atoms with Crippen molar-refractivity contribution in [1.82, 2.24) is 9.47 Å². The number of hydrogen-bond donors (Lipinski definition) is 0. The number of pyridine rings is 1. The summed E-state index contributed by atoms with van der Waals surface area (Å²) in [5.41, 5.74) is 2.99. The lowest BCUT2D eigenvalue weighted by Crippen LogP contribution is -2.49. The molecule has 2 aliphatic heterocycles. The first-order valence-electron chi connectivity index (χ1n) is 9.11. The van der Waals surface area contributed by atoms with Crippen LogP contribution >= 0.6 is 11.8 Å². The molecule has 0 N–H and O–H groups in total. The zero-order chi connectivity index (χ0) is 19.0. The van der Waals surface area contributed by atoms with Crippen molar-refractivity contribution in [2.45, 2.75) is 18.9 Å². The SMILES string of the molecule is CSCC(=O)N1C[C@@H]2C[C@H](C1)c1ccc(-c3cccc(C#N)c3)c(=O)n1C2. The van der Waals surface area contributed by atoms with Crippen LogP contribution in [-0.4, -0.2) is 40.5 Å². The van der Waals surface area contributed by atoms with Gasteiger partial charge in [-0.2, -0.15) is 17.0 Å². The van der Waals surface area contributed by atoms with Crippen molar-refractivity contribution in [3.8, 4) is 17.2 Å². The third-order valence-electron chi connectivity index (χ3n) is 5.53. The van der Waals surface area contributed by atoms with Gasteiger partial charge in [-0.1, -0.05) is 12.1 Å². The summed E-state index contributed by atoms with van der Waals surface area (Å²) in [7, 11) is 0. The van der Waals surface area contributed by atoms with Crippen LogP contribution in [0.15, 0.2) is 41.2 Å². The van der Waals surface area contributed by atoms with Crippen LogP contribution in [0.1, 0.15) is 23.6 Å². The maximum Gasteiger partial charge on any atom is 0.258 e. The van der Waals surface area contributed by atoms with Crippen molar-refractivity contribution in [3.05, 3.63) is 58.0 Å². The second-order valence-corrected chi connectivity index (χ2v) is 8.18. The van der Waals surface area contributed by atoms with E-state index in [1.165, 1.54) is 0 Å². The van der Waals surface area contributed by atoms with Crippen molar-refractivity contribution in [2.24, 2.45) is 5.92 Å². The Morgan fingerprint density at radius 1 is 1.26 bits per heavy atom. The smallest absolute Gasteiger partial charge is 0.258 e. The minimum absolute atomic E-state index is 0.00109. The van der Waals surface area contributed by atoms with Gasteiger partial charge in [-0.3, -0.25) is 9.59 Å². The molecule has 2 atom stereocenters. The van der Waals surface area contributed by atoms with Gasteiger partial charge in [-0.25, -0.2) is 0 Å². The van der Waals surface area contributed by atoms with E-state index >= 15 is 0 Å². The van der Waals surface area contributed by atoms with E-state index in [0.29, 0.717) is 35.9 Å². The van der Waals surface area contributed by atoms with Crippen LogP contribution < -0.4 is 5.56 Å². The Kier molecular flexibility index (Phi) is 4.79. The number of rotatable bonds is 3. The zero-order valence-corrected chi connectivity index (χ0v) is 16.0. The van der Waals surface area contributed by atoms with Gasteiger partial charge in [0.25, 0.3) is 5.56 Å². The average molecular weight is 379 g/mol. The summed E-state index contributed by atoms with van der Waals surface area (Å²) in [5, 5.41) is 9.12. The van der Waals surface area contributed by atoms with Crippen molar-refractivity contribution < 1.29 is 4.79 Å². The van der Waals surface area contributed by atoms with Crippen LogP contribution in [0.4, 0.5) is 0 Å². The van der Waals surface area contributed by atoms with Gasteiger partial charge in [-0.15, -0.1) is 0 Å². The predicted molar refractivity (Wildman–Crippen MR) is 107 cm³/mol. The molecule has 6 heteroatoms. The monoisotopic (exact) mass is 379 g/mol. The number of aromatic nitrogens is 1. The lowest BCUT2D eigenvalue weighted by Gasteiger charge is -2.43. The maximum absolute atomic E-state index is 13.2. The Hall–Kier alpha value is -2.52. The Labute approximate surface area is 162 Å². The fraction of sp³-hybridized carbons (Fsp3) is 0.381. The van der Waals surface area contributed by atoms with Gasteiger partial charge in [0.05, 0.1) is 17.4 Å². The minimum Gasteiger partial charge on any atom is -0.341 e. The van der Waals surface area contributed by atoms with E-state index in [9.17, 15) is 9.59 Å². The van der Waals surface area contributed by atoms with E-state index in [2.05, 4.69) is 6.07 Å². The maximum atomic E-state index is 13.2. The molecule has 1 amide bonds. The molecule has 27 heavy (non-hydrogen) atoms. The number of piperidine rings is 1. The van der Waals surface area contributed by atoms with Gasteiger partial charge in [-0.05, 0) is 48.4 Å². The number of fused-ring (bicyclic) bond motifs is 4. The first-order chi connectivity index (χ1) is 13.1. The molecule has 2 aromatic rings. The molecule has 2 bridgehead atoms. The molecule has 1 aromatic heterocycles. The van der Waals surface area contributed by atoms with Gasteiger partial charge >= 0.3 is 0 Å². The molecular weight excluding hydrogens is 358 g/mol. The number of amides is 1. The number of benzene rings is 1. The van der Waals surface area contributed by atoms with Gasteiger partial charge in [0, 0.05) is 36.8 Å². The number of nitrogens with zero attached hydrogens (tertiary/aromatic N) is 3. The Bertz CT molecular complexity index is 992. The highest BCUT2D eigenvalue weighted by Crippen LogP contribution is 2.36. The highest BCUT2D eigenvalue weighted by atomic mass is 32.2. The third-order valence-corrected chi connectivity index (χ3v) is 6.06. The standard InChI is InChI=1S/C21H21N3O2S/c1-27-13-20(25)23-10-15-8-17(12-23)19-6-5-18(21(26)24(19)11-15)16-4-2-3-14(7-16)9-22/h2-7,15,17H,8,10-13H2,1H3/t15-,17+/m0/s1. The quantitative estimate of drug-likeness (QED) is 0.822. The van der Waals surface area contributed by atoms with Gasteiger partial charge in [0.15, 0.2) is 0 Å². The van der Waals surface area contributed by atoms with Crippen molar-refractivity contribution in [3.63, 3.8) is 0 Å². The molecule has 4 rings (SSSR count). The summed E-state index contributed by atoms with van der Waals surface area (Å²) in [6.07, 6.45) is 2.98. The van der Waals surface area contributed by atoms with Gasteiger partial charge < -0.3 is 9.47 Å². The fourth-order valence-electron chi connectivity index (χ4n) is 4.34. The topological polar surface area (TPSA) is 66.1 Å². The van der Waals surface area contributed by atoms with Crippen LogP contribution in [-0.2, 0) is 11.3 Å². The molecule has 1 fully saturated rings. The summed E-state index contributed by atoms with van der Waals surface area (Å²) in [4.78, 5) is 27.4. The number of carbonyl (C=O) groups is 1. The molecule has 1 saturated heterocycles. The molecule has 0 unspecified atom stereocenters. The Morgan fingerprint density at radius 3 is 2.89 bits per heavy atom. The fourth-order valence-corrected chi connectivity index (χ4v) is 4.77. The van der Waals surface area contributed by atoms with Gasteiger partial charge in [0.2, 0.25) is 5.91 Å². The minimum atomic E-state index is 0.00109. The molecule has 0 saturated carbocycles. The van der Waals surface area contributed by atoms with Crippen LogP contribution in [0.25, 0.3) is 11.1 Å². The second kappa shape index (κ2) is 7.24. The molecule has 138 valence electrons. The van der Waals surface area contributed by atoms with Crippen LogP contribution in [0.5, 0.6) is 0 Å². The largest absolute Gasteiger partial charge is 0.341 e. The summed E-state index contributed by atoms with van der Waals surface area (Å²) >= 11 is 1.55. The van der Waals surface area contributed by atoms with Crippen molar-refractivity contribution in [2.75, 3.05) is 25.1 Å². The third kappa shape index (κ3) is 3.28. The van der Waals surface area contributed by atoms with E-state index < -0.39 is 0 Å². The van der Waals surface area contributed by atoms with E-state index in [4.69, 9.17) is 5.26 Å². The van der Waals surface area contributed by atoms with E-state index in [1.54, 1.807) is 30.0 Å². The molecule has 1 aromatic carbocycles. The summed E-state index contributed by atoms with van der Waals surface area (Å²) in [5.74, 6) is 1.24. The number of thioether (sulfide) groups is 1. The van der Waals surface area contributed by atoms with Gasteiger partial charge in [0.1, 0.15) is 0 Å². The molecule has 0 aliphatic carbocycles. The Morgan fingerprint density at radius 2 is 2.11 bits per heavy atom. The Balaban J connectivity index is 1.69. The summed E-state index contributed by atoms with van der Waals surface area (Å²) < 4.78 is 1.89. The first kappa shape index (κ1) is 17.9. The lowest BCUT2D eigenvalue weighted by atomic mass is 9.82. The van der Waals surface area contributed by atoms with Crippen LogP contribution in [0.3, 0.4) is 0 Å². The number of hydrogen-bond acceptors (Lipinski definition) is 4. The molecule has 3 heterocycles. The molecule has 0 spiro atoms. The lowest BCUT2D eigenvalue weighted by molar-refractivity contribution is -0.131.